The average Bonchev–Trinajstić information content (AvgIpc) is 1.56. The lowest BCUT2D eigenvalue weighted by Gasteiger charge is -2.31. The number of anilines is 7. The Labute approximate surface area is 770 Å². The predicted octanol–water partition coefficient (Wildman–Crippen LogP) is 7.22. The van der Waals surface area contributed by atoms with E-state index in [9.17, 15) is 72.2 Å². The van der Waals surface area contributed by atoms with Crippen LogP contribution in [0.5, 0.6) is 5.75 Å². The maximum absolute atomic E-state index is 14.4. The van der Waals surface area contributed by atoms with Crippen molar-refractivity contribution in [2.24, 2.45) is 56.4 Å². The number of esters is 1. The number of nitrogens with zero attached hydrogens (tertiary/aromatic N) is 12. The summed E-state index contributed by atoms with van der Waals surface area (Å²) in [7, 11) is 16.9. The molecule has 0 saturated heterocycles. The number of rotatable bonds is 43. The van der Waals surface area contributed by atoms with Gasteiger partial charge in [-0.15, -0.1) is 0 Å². The lowest BCUT2D eigenvalue weighted by atomic mass is 9.86. The van der Waals surface area contributed by atoms with Crippen molar-refractivity contribution in [2.45, 2.75) is 122 Å². The summed E-state index contributed by atoms with van der Waals surface area (Å²) in [5.41, 5.74) is 3.85. The molecule has 41 nitrogen and oxygen atoms in total. The molecule has 0 bridgehead atoms. The highest BCUT2D eigenvalue weighted by Gasteiger charge is 2.46. The van der Waals surface area contributed by atoms with E-state index in [0.29, 0.717) is 59.2 Å². The summed E-state index contributed by atoms with van der Waals surface area (Å²) in [6, 6.07) is 18.0. The Kier molecular flexibility index (Phi) is 30.6. The quantitative estimate of drug-likeness (QED) is 0.0132. The molecule has 0 saturated carbocycles. The monoisotopic (exact) mass is 1840 g/mol. The number of imidazole rings is 1. The van der Waals surface area contributed by atoms with Gasteiger partial charge >= 0.3 is 5.97 Å². The highest BCUT2D eigenvalue weighted by molar-refractivity contribution is 6.11. The molecule has 13 rings (SSSR count). The number of ether oxygens (including phenoxy) is 2. The summed E-state index contributed by atoms with van der Waals surface area (Å²) in [5, 5.41) is 45.7. The topological polar surface area (TPSA) is 495 Å². The number of hydrogen-bond acceptors (Lipinski definition) is 20. The highest BCUT2D eigenvalue weighted by Crippen LogP contribution is 2.40. The minimum atomic E-state index is -1.93. The largest absolute Gasteiger partial charge is 0.484 e. The van der Waals surface area contributed by atoms with Crippen LogP contribution in [0.4, 0.5) is 39.8 Å². The Balaban J connectivity index is 0.565. The van der Waals surface area contributed by atoms with Crippen molar-refractivity contribution in [1.82, 2.24) is 82.6 Å². The van der Waals surface area contributed by atoms with Crippen molar-refractivity contribution in [3.8, 4) is 17.1 Å². The number of aliphatic hydroxyl groups is 1. The van der Waals surface area contributed by atoms with Gasteiger partial charge in [-0.1, -0.05) is 51.9 Å². The van der Waals surface area contributed by atoms with Crippen molar-refractivity contribution < 1.29 is 76.9 Å². The number of unbranched alkanes of at least 4 members (excludes halogenated alkanes) is 8. The zero-order valence-corrected chi connectivity index (χ0v) is 76.6. The average molecular weight is 1840 g/mol. The number of carbonyl (C=O) groups is 13. The summed E-state index contributed by atoms with van der Waals surface area (Å²) < 4.78 is 24.8. The molecule has 0 radical (unpaired) electrons. The van der Waals surface area contributed by atoms with E-state index in [2.05, 4.69) is 68.8 Å². The molecule has 12 heterocycles. The third-order valence-corrected chi connectivity index (χ3v) is 23.4. The molecule has 11 aromatic rings. The first kappa shape index (κ1) is 96.1. The highest BCUT2D eigenvalue weighted by atomic mass is 16.6. The first-order chi connectivity index (χ1) is 64.1. The van der Waals surface area contributed by atoms with Crippen LogP contribution < -0.4 is 74.1 Å². The predicted molar refractivity (Wildman–Crippen MR) is 499 cm³/mol. The van der Waals surface area contributed by atoms with Crippen LogP contribution in [0.1, 0.15) is 198 Å². The smallest absolute Gasteiger partial charge is 0.343 e. The van der Waals surface area contributed by atoms with Crippen molar-refractivity contribution in [3.05, 3.63) is 201 Å². The summed E-state index contributed by atoms with van der Waals surface area (Å²) in [5.74, 6) is -5.90. The molecular weight excluding hydrogens is 1730 g/mol. The van der Waals surface area contributed by atoms with Gasteiger partial charge in [0, 0.05) is 168 Å². The number of carbonyl (C=O) groups excluding carboxylic acids is 13. The zero-order chi connectivity index (χ0) is 95.9. The third-order valence-electron chi connectivity index (χ3n) is 23.4. The Morgan fingerprint density at radius 2 is 0.918 bits per heavy atom. The fraction of sp³-hybridized carbons (Fsp3) is 0.376. The van der Waals surface area contributed by atoms with Crippen molar-refractivity contribution in [2.75, 3.05) is 90.6 Å². The summed E-state index contributed by atoms with van der Waals surface area (Å²) >= 11 is 0. The molecule has 706 valence electrons. The van der Waals surface area contributed by atoms with Gasteiger partial charge in [-0.3, -0.25) is 62.3 Å². The molecule has 2 aliphatic heterocycles. The first-order valence-corrected chi connectivity index (χ1v) is 44.2. The number of hydrogen-bond donors (Lipinski definition) is 13. The molecule has 0 fully saturated rings. The number of amides is 12. The van der Waals surface area contributed by atoms with E-state index in [1.807, 2.05) is 25.1 Å². The van der Waals surface area contributed by atoms with Gasteiger partial charge < -0.3 is 124 Å². The summed E-state index contributed by atoms with van der Waals surface area (Å²) in [4.78, 5) is 199. The number of benzene rings is 1. The van der Waals surface area contributed by atoms with Crippen LogP contribution in [0.15, 0.2) is 133 Å². The fourth-order valence-electron chi connectivity index (χ4n) is 16.2. The summed E-state index contributed by atoms with van der Waals surface area (Å²) in [6.45, 7) is 3.31. The Bertz CT molecular complexity index is 6420. The molecule has 2 atom stereocenters. The standard InChI is InChI=1S/C93H112N24O17/c1-12-93(132)66-44-69-80-56(45-117(69)91(130)65(66)53-134-92(93)131)35-55-36-64(24-25-67(55)107-80)133-54-79(120)95-28-21-19-17-15-13-14-16-18-20-23-78(119)106-68(26-30-97-83(122)70-37-58(47-110(70)5)100-86(125)74-41-62(51-114(74)9)104-89(128)76-43-63(52-116(76)11)105-90(129)81-96-32-34-109(81)4)82(121)99-57-39-72(112(7)46-57)85(124)102-60-42-75(115(10)49-60)88(127)103-61-40-73(113(8)50-61)87(126)101-59-38-71(111(6)48-59)84(123)98-31-27-77(118)94-29-22-33-108(2)3/h24-25,32,34-44,46-52,68,132H,12-23,26-31,33,45,53-54H2,1-11H3,(H,94,118)(H,95,120)(H,97,122)(H,98,123)(H,99,121)(H,100,125)(H,101,126)(H,102,124)(H,103,127)(H,104,128)(H,105,129)(H,106,119)/t68-,93+/m1/s1. The van der Waals surface area contributed by atoms with Crippen molar-refractivity contribution >= 4 is 128 Å². The Hall–Kier alpha value is -15.4. The van der Waals surface area contributed by atoms with E-state index in [1.54, 1.807) is 132 Å². The second-order valence-electron chi connectivity index (χ2n) is 33.9. The number of cyclic esters (lactones) is 1. The Morgan fingerprint density at radius 1 is 0.478 bits per heavy atom. The fourth-order valence-corrected chi connectivity index (χ4v) is 16.2. The number of fused-ring (bicyclic) bond motifs is 5. The third kappa shape index (κ3) is 23.3. The molecule has 10 aromatic heterocycles. The van der Waals surface area contributed by atoms with Gasteiger partial charge in [0.05, 0.1) is 68.8 Å². The number of pyridine rings is 2. The molecule has 0 aliphatic carbocycles. The first-order valence-electron chi connectivity index (χ1n) is 44.2. The van der Waals surface area contributed by atoms with Crippen LogP contribution in [0, 0.1) is 0 Å². The maximum Gasteiger partial charge on any atom is 0.343 e. The maximum atomic E-state index is 14.4. The molecule has 2 aliphatic rings. The second kappa shape index (κ2) is 42.6. The van der Waals surface area contributed by atoms with Crippen LogP contribution in [-0.2, 0) is 104 Å². The van der Waals surface area contributed by atoms with Crippen LogP contribution >= 0.6 is 0 Å². The number of aryl methyl sites for hydroxylation is 8. The zero-order valence-electron chi connectivity index (χ0n) is 76.6. The van der Waals surface area contributed by atoms with Gasteiger partial charge in [-0.25, -0.2) is 14.8 Å². The second-order valence-corrected chi connectivity index (χ2v) is 33.9. The minimum Gasteiger partial charge on any atom is -0.484 e. The molecule has 1 aromatic carbocycles. The summed E-state index contributed by atoms with van der Waals surface area (Å²) in [6.07, 6.45) is 22.5. The lowest BCUT2D eigenvalue weighted by Crippen LogP contribution is -2.45. The van der Waals surface area contributed by atoms with Crippen LogP contribution in [0.3, 0.4) is 0 Å². The molecular formula is C93H112N24O17. The van der Waals surface area contributed by atoms with Gasteiger partial charge in [0.25, 0.3) is 58.7 Å². The van der Waals surface area contributed by atoms with Crippen LogP contribution in [-0.4, -0.2) is 197 Å². The van der Waals surface area contributed by atoms with Crippen molar-refractivity contribution in [1.29, 1.82) is 0 Å². The molecule has 0 spiro atoms. The molecule has 12 amide bonds. The van der Waals surface area contributed by atoms with E-state index >= 15 is 0 Å². The number of nitrogens with one attached hydrogen (secondary N) is 12. The van der Waals surface area contributed by atoms with Gasteiger partial charge in [0.15, 0.2) is 18.0 Å². The van der Waals surface area contributed by atoms with Gasteiger partial charge in [0.1, 0.15) is 58.3 Å². The molecule has 41 heteroatoms. The minimum absolute atomic E-state index is 0.0366. The SMILES string of the molecule is CC[C@@]1(O)C(=O)OCc2c1cc1n(c2=O)Cc2cc3cc(OCC(=O)NCCCCCCCCCCCC(=O)N[C@H](CCNC(=O)c4cc(NC(=O)c5cc(NC(=O)c6cc(NC(=O)c7nccn7C)cn6C)cn5C)cn4C)C(=O)Nc4cc(C(=O)Nc5cc(C(=O)Nc6cc(C(=O)Nc7cc(C(=O)NCCC(=O)NCCCN(C)C)n(C)c7)n(C)c6)n(C)c5)n(C)c4)ccc3nc2-1. The molecule has 13 N–H and O–H groups in total. The molecule has 134 heavy (non-hydrogen) atoms. The van der Waals surface area contributed by atoms with Crippen LogP contribution in [0.2, 0.25) is 0 Å². The van der Waals surface area contributed by atoms with Gasteiger partial charge in [0.2, 0.25) is 17.7 Å². The van der Waals surface area contributed by atoms with Gasteiger partial charge in [-0.2, -0.15) is 0 Å². The Morgan fingerprint density at radius 3 is 1.39 bits per heavy atom. The molecule has 0 unspecified atom stereocenters. The normalized spacial score (nSPS) is 13.2. The van der Waals surface area contributed by atoms with Crippen LogP contribution in [0.25, 0.3) is 22.3 Å². The van der Waals surface area contributed by atoms with Gasteiger partial charge in [-0.05, 0) is 126 Å². The van der Waals surface area contributed by atoms with E-state index in [4.69, 9.17) is 14.5 Å². The van der Waals surface area contributed by atoms with E-state index in [0.717, 1.165) is 75.3 Å². The van der Waals surface area contributed by atoms with E-state index in [-0.39, 0.29) is 155 Å². The van der Waals surface area contributed by atoms with Crippen molar-refractivity contribution in [3.63, 3.8) is 0 Å². The lowest BCUT2D eigenvalue weighted by molar-refractivity contribution is -0.172. The van der Waals surface area contributed by atoms with E-state index < -0.39 is 76.7 Å². The van der Waals surface area contributed by atoms with E-state index in [1.165, 1.54) is 94.7 Å². The number of aromatic nitrogens is 11.